The molecule has 1 N–H and O–H groups in total. The Morgan fingerprint density at radius 3 is 2.75 bits per heavy atom. The Morgan fingerprint density at radius 2 is 2.00 bits per heavy atom. The van der Waals surface area contributed by atoms with E-state index >= 15 is 0 Å². The van der Waals surface area contributed by atoms with E-state index in [9.17, 15) is 4.79 Å². The van der Waals surface area contributed by atoms with E-state index in [1.807, 2.05) is 6.92 Å². The molecule has 0 aromatic heterocycles. The third-order valence-electron chi connectivity index (χ3n) is 4.58. The summed E-state index contributed by atoms with van der Waals surface area (Å²) in [6, 6.07) is 1.17. The second-order valence-corrected chi connectivity index (χ2v) is 7.53. The van der Waals surface area contributed by atoms with Crippen molar-refractivity contribution < 1.29 is 9.53 Å². The zero-order valence-electron chi connectivity index (χ0n) is 12.9. The lowest BCUT2D eigenvalue weighted by molar-refractivity contribution is -0.149. The molecule has 0 spiro atoms. The minimum Gasteiger partial charge on any atom is -0.466 e. The Bertz CT molecular complexity index is 311. The van der Waals surface area contributed by atoms with Crippen LogP contribution in [0.2, 0.25) is 0 Å². The first kappa shape index (κ1) is 16.2. The molecule has 2 rings (SSSR count). The zero-order valence-corrected chi connectivity index (χ0v) is 13.7. The minimum absolute atomic E-state index is 0.0184. The van der Waals surface area contributed by atoms with Gasteiger partial charge in [-0.05, 0) is 44.8 Å². The van der Waals surface area contributed by atoms with Crippen molar-refractivity contribution in [2.24, 2.45) is 5.92 Å². The minimum atomic E-state index is 0.0184. The van der Waals surface area contributed by atoms with Gasteiger partial charge in [0.2, 0.25) is 0 Å². The molecule has 0 amide bonds. The number of ether oxygens (including phenoxy) is 1. The Kier molecular flexibility index (Phi) is 6.69. The topological polar surface area (TPSA) is 38.3 Å². The van der Waals surface area contributed by atoms with E-state index in [2.05, 4.69) is 24.0 Å². The van der Waals surface area contributed by atoms with Gasteiger partial charge in [0.1, 0.15) is 0 Å². The summed E-state index contributed by atoms with van der Waals surface area (Å²) in [7, 11) is 0. The number of carbonyl (C=O) groups is 1. The second kappa shape index (κ2) is 8.28. The number of esters is 1. The fourth-order valence-corrected chi connectivity index (χ4v) is 4.86. The van der Waals surface area contributed by atoms with Gasteiger partial charge in [0, 0.05) is 17.3 Å². The van der Waals surface area contributed by atoms with Gasteiger partial charge >= 0.3 is 5.97 Å². The standard InChI is InChI=1S/C16H29NO2S/c1-3-19-16(18)12-7-5-8-13(11-12)17-14-9-6-10-15(14)20-4-2/h12-15,17H,3-11H2,1-2H3. The Hall–Kier alpha value is -0.220. The van der Waals surface area contributed by atoms with Crippen molar-refractivity contribution in [2.75, 3.05) is 12.4 Å². The summed E-state index contributed by atoms with van der Waals surface area (Å²) in [6.45, 7) is 4.64. The molecule has 3 nitrogen and oxygen atoms in total. The number of nitrogens with one attached hydrogen (secondary N) is 1. The summed E-state index contributed by atoms with van der Waals surface area (Å²) in [5.74, 6) is 1.35. The Balaban J connectivity index is 1.81. The highest BCUT2D eigenvalue weighted by molar-refractivity contribution is 7.99. The van der Waals surface area contributed by atoms with E-state index in [1.54, 1.807) is 0 Å². The molecule has 0 radical (unpaired) electrons. The van der Waals surface area contributed by atoms with Crippen molar-refractivity contribution in [3.8, 4) is 0 Å². The number of hydrogen-bond donors (Lipinski definition) is 1. The predicted octanol–water partition coefficient (Wildman–Crippen LogP) is 3.37. The summed E-state index contributed by atoms with van der Waals surface area (Å²) < 4.78 is 5.19. The lowest BCUT2D eigenvalue weighted by Gasteiger charge is -2.32. The molecule has 116 valence electrons. The van der Waals surface area contributed by atoms with Gasteiger partial charge in [0.25, 0.3) is 0 Å². The highest BCUT2D eigenvalue weighted by atomic mass is 32.2. The van der Waals surface area contributed by atoms with Crippen LogP contribution in [0.3, 0.4) is 0 Å². The smallest absolute Gasteiger partial charge is 0.308 e. The summed E-state index contributed by atoms with van der Waals surface area (Å²) in [5.41, 5.74) is 0. The van der Waals surface area contributed by atoms with Gasteiger partial charge in [-0.1, -0.05) is 19.8 Å². The van der Waals surface area contributed by atoms with Gasteiger partial charge in [-0.2, -0.15) is 11.8 Å². The average molecular weight is 299 g/mol. The van der Waals surface area contributed by atoms with E-state index in [4.69, 9.17) is 4.74 Å². The SMILES string of the molecule is CCOC(=O)C1CCCC(NC2CCCC2SCC)C1. The quantitative estimate of drug-likeness (QED) is 0.763. The lowest BCUT2D eigenvalue weighted by atomic mass is 9.85. The van der Waals surface area contributed by atoms with Crippen molar-refractivity contribution in [2.45, 2.75) is 76.1 Å². The monoisotopic (exact) mass is 299 g/mol. The molecule has 0 aromatic carbocycles. The zero-order chi connectivity index (χ0) is 14.4. The van der Waals surface area contributed by atoms with Crippen LogP contribution in [-0.4, -0.2) is 35.7 Å². The van der Waals surface area contributed by atoms with Crippen molar-refractivity contribution >= 4 is 17.7 Å². The van der Waals surface area contributed by atoms with Crippen LogP contribution >= 0.6 is 11.8 Å². The molecule has 0 heterocycles. The van der Waals surface area contributed by atoms with Crippen molar-refractivity contribution in [1.82, 2.24) is 5.32 Å². The molecule has 0 saturated heterocycles. The molecular weight excluding hydrogens is 270 g/mol. The highest BCUT2D eigenvalue weighted by Gasteiger charge is 2.33. The molecule has 2 saturated carbocycles. The van der Waals surface area contributed by atoms with Crippen LogP contribution < -0.4 is 5.32 Å². The van der Waals surface area contributed by atoms with Gasteiger partial charge in [-0.25, -0.2) is 0 Å². The van der Waals surface area contributed by atoms with E-state index in [0.717, 1.165) is 24.5 Å². The normalized spacial score (nSPS) is 34.1. The fraction of sp³-hybridized carbons (Fsp3) is 0.938. The summed E-state index contributed by atoms with van der Waals surface area (Å²) in [6.07, 6.45) is 8.36. The van der Waals surface area contributed by atoms with E-state index < -0.39 is 0 Å². The van der Waals surface area contributed by atoms with Crippen LogP contribution in [0, 0.1) is 5.92 Å². The van der Waals surface area contributed by atoms with E-state index in [-0.39, 0.29) is 11.9 Å². The van der Waals surface area contributed by atoms with Gasteiger partial charge in [-0.15, -0.1) is 0 Å². The maximum absolute atomic E-state index is 11.9. The van der Waals surface area contributed by atoms with Crippen LogP contribution in [0.25, 0.3) is 0 Å². The van der Waals surface area contributed by atoms with Crippen molar-refractivity contribution in [1.29, 1.82) is 0 Å². The van der Waals surface area contributed by atoms with Crippen molar-refractivity contribution in [3.05, 3.63) is 0 Å². The summed E-state index contributed by atoms with van der Waals surface area (Å²) >= 11 is 2.10. The number of hydrogen-bond acceptors (Lipinski definition) is 4. The van der Waals surface area contributed by atoms with Crippen LogP contribution in [0.5, 0.6) is 0 Å². The van der Waals surface area contributed by atoms with Crippen LogP contribution in [0.15, 0.2) is 0 Å². The summed E-state index contributed by atoms with van der Waals surface area (Å²) in [4.78, 5) is 11.9. The van der Waals surface area contributed by atoms with Gasteiger partial charge in [0.15, 0.2) is 0 Å². The number of thioether (sulfide) groups is 1. The Labute approximate surface area is 127 Å². The molecule has 2 aliphatic carbocycles. The molecule has 4 unspecified atom stereocenters. The number of rotatable bonds is 6. The average Bonchev–Trinajstić information content (AvgIpc) is 2.87. The maximum Gasteiger partial charge on any atom is 0.308 e. The summed E-state index contributed by atoms with van der Waals surface area (Å²) in [5, 5.41) is 4.63. The molecule has 0 bridgehead atoms. The highest BCUT2D eigenvalue weighted by Crippen LogP contribution is 2.32. The van der Waals surface area contributed by atoms with Crippen molar-refractivity contribution in [3.63, 3.8) is 0 Å². The molecule has 20 heavy (non-hydrogen) atoms. The molecule has 4 heteroatoms. The lowest BCUT2D eigenvalue weighted by Crippen LogP contribution is -2.45. The Morgan fingerprint density at radius 1 is 1.20 bits per heavy atom. The first-order chi connectivity index (χ1) is 9.74. The maximum atomic E-state index is 11.9. The van der Waals surface area contributed by atoms with Crippen LogP contribution in [-0.2, 0) is 9.53 Å². The third-order valence-corrected chi connectivity index (χ3v) is 5.90. The van der Waals surface area contributed by atoms with E-state index in [1.165, 1.54) is 31.4 Å². The molecule has 0 aliphatic heterocycles. The first-order valence-corrected chi connectivity index (χ1v) is 9.33. The largest absolute Gasteiger partial charge is 0.466 e. The van der Waals surface area contributed by atoms with Gasteiger partial charge in [0.05, 0.1) is 12.5 Å². The van der Waals surface area contributed by atoms with Gasteiger partial charge in [-0.3, -0.25) is 4.79 Å². The van der Waals surface area contributed by atoms with Crippen LogP contribution in [0.4, 0.5) is 0 Å². The van der Waals surface area contributed by atoms with E-state index in [0.29, 0.717) is 18.7 Å². The second-order valence-electron chi connectivity index (χ2n) is 6.01. The first-order valence-electron chi connectivity index (χ1n) is 8.28. The fourth-order valence-electron chi connectivity index (χ4n) is 3.65. The third kappa shape index (κ3) is 4.39. The molecule has 4 atom stereocenters. The van der Waals surface area contributed by atoms with Crippen LogP contribution in [0.1, 0.15) is 58.8 Å². The molecular formula is C16H29NO2S. The molecule has 2 aliphatic rings. The van der Waals surface area contributed by atoms with Gasteiger partial charge < -0.3 is 10.1 Å². The number of carbonyl (C=O) groups excluding carboxylic acids is 1. The molecule has 0 aromatic rings. The molecule has 2 fully saturated rings. The predicted molar refractivity (Wildman–Crippen MR) is 85.1 cm³/mol.